The molecule has 11 amide bonds. The normalized spacial score (nSPS) is 25.6. The Kier molecular flexibility index (Phi) is 23.3. The topological polar surface area (TPSA) is 379 Å². The van der Waals surface area contributed by atoms with E-state index in [0.717, 1.165) is 21.6 Å². The molecule has 0 spiro atoms. The van der Waals surface area contributed by atoms with E-state index >= 15 is 0 Å². The fourth-order valence-electron chi connectivity index (χ4n) is 7.26. The third-order valence-corrected chi connectivity index (χ3v) is 14.6. The van der Waals surface area contributed by atoms with Gasteiger partial charge in [0.15, 0.2) is 0 Å². The fourth-order valence-corrected chi connectivity index (χ4v) is 10.0. The molecule has 0 saturated carbocycles. The van der Waals surface area contributed by atoms with Crippen molar-refractivity contribution in [3.63, 3.8) is 0 Å². The Balaban J connectivity index is 2.68. The van der Waals surface area contributed by atoms with Crippen molar-refractivity contribution in [1.82, 2.24) is 42.1 Å². The molecule has 2 aliphatic rings. The first-order valence-corrected chi connectivity index (χ1v) is 24.8. The standard InChI is InChI=1S/C42H72N12O11S2/c1-9-22(6)32-39(63)48-23(12-13-29(43)55)35(59)49-26(17-30(44)56)36(60)52-27(19-66-67-42(7,8)33(46)40(64)51-25(16-21(4)5)37(61)53-32)41(65)54-14-10-11-28(54)38(62)50-24(15-20(2)3)34(58)47-18-31(45)57/h20-28,32-33H,9-19,46H2,1-8H3,(H2,43,55)(H2,44,56)(H2,45,57)(H,47,58)(H,48,63)(H,49,59)(H,50,62)(H,51,64)(H,52,60)(H,53,61)/t22-,23-,24-,25-,26-,27-,28?,32?,33+/m0/s1. The molecular formula is C42H72N12O11S2. The molecule has 0 aliphatic carbocycles. The molecule has 2 aliphatic heterocycles. The average Bonchev–Trinajstić information content (AvgIpc) is 3.73. The summed E-state index contributed by atoms with van der Waals surface area (Å²) in [6.07, 6.45) is -0.285. The van der Waals surface area contributed by atoms with Gasteiger partial charge in [0, 0.05) is 23.5 Å². The first-order chi connectivity index (χ1) is 31.2. The number of hydrogen-bond donors (Lipinski definition) is 11. The molecular weight excluding hydrogens is 913 g/mol. The minimum atomic E-state index is -1.74. The summed E-state index contributed by atoms with van der Waals surface area (Å²) in [6.45, 7) is 13.7. The minimum Gasteiger partial charge on any atom is -0.370 e. The molecule has 0 aromatic rings. The van der Waals surface area contributed by atoms with Gasteiger partial charge >= 0.3 is 0 Å². The van der Waals surface area contributed by atoms with Crippen molar-refractivity contribution in [2.75, 3.05) is 18.8 Å². The highest BCUT2D eigenvalue weighted by Crippen LogP contribution is 2.38. The Labute approximate surface area is 399 Å². The molecule has 2 unspecified atom stereocenters. The van der Waals surface area contributed by atoms with E-state index in [4.69, 9.17) is 22.9 Å². The summed E-state index contributed by atoms with van der Waals surface area (Å²) in [4.78, 5) is 148. The number of carbonyl (C=O) groups excluding carboxylic acids is 11. The van der Waals surface area contributed by atoms with E-state index in [-0.39, 0.29) is 49.8 Å². The first-order valence-electron chi connectivity index (χ1n) is 22.5. The van der Waals surface area contributed by atoms with Crippen LogP contribution < -0.4 is 60.2 Å². The lowest BCUT2D eigenvalue weighted by Gasteiger charge is -2.33. The summed E-state index contributed by atoms with van der Waals surface area (Å²) in [5, 5.41) is 18.1. The van der Waals surface area contributed by atoms with Gasteiger partial charge in [0.25, 0.3) is 0 Å². The fraction of sp³-hybridized carbons (Fsp3) is 0.738. The smallest absolute Gasteiger partial charge is 0.246 e. The molecule has 2 saturated heterocycles. The van der Waals surface area contributed by atoms with Crippen LogP contribution in [0.2, 0.25) is 0 Å². The quantitative estimate of drug-likeness (QED) is 0.0660. The zero-order chi connectivity index (χ0) is 50.9. The molecule has 67 heavy (non-hydrogen) atoms. The number of nitrogens with one attached hydrogen (secondary N) is 7. The molecule has 25 heteroatoms. The van der Waals surface area contributed by atoms with Gasteiger partial charge in [-0.3, -0.25) is 52.7 Å². The molecule has 15 N–H and O–H groups in total. The van der Waals surface area contributed by atoms with Gasteiger partial charge in [-0.2, -0.15) is 0 Å². The first kappa shape index (κ1) is 58.0. The van der Waals surface area contributed by atoms with Gasteiger partial charge in [-0.05, 0) is 63.7 Å². The van der Waals surface area contributed by atoms with E-state index in [1.165, 1.54) is 4.90 Å². The van der Waals surface area contributed by atoms with Crippen LogP contribution in [0.25, 0.3) is 0 Å². The highest BCUT2D eigenvalue weighted by molar-refractivity contribution is 8.77. The second-order valence-corrected chi connectivity index (χ2v) is 21.4. The number of carbonyl (C=O) groups is 11. The van der Waals surface area contributed by atoms with Gasteiger partial charge in [-0.15, -0.1) is 0 Å². The molecule has 0 aromatic heterocycles. The molecule has 9 atom stereocenters. The number of rotatable bonds is 17. The van der Waals surface area contributed by atoms with Crippen molar-refractivity contribution >= 4 is 86.6 Å². The van der Waals surface area contributed by atoms with Crippen molar-refractivity contribution in [3.05, 3.63) is 0 Å². The van der Waals surface area contributed by atoms with Crippen molar-refractivity contribution in [2.45, 2.75) is 160 Å². The third-order valence-electron chi connectivity index (χ3n) is 11.3. The number of hydrogen-bond acceptors (Lipinski definition) is 14. The number of nitrogens with zero attached hydrogens (tertiary/aromatic N) is 1. The Morgan fingerprint density at radius 3 is 1.94 bits per heavy atom. The van der Waals surface area contributed by atoms with Crippen LogP contribution in [0.15, 0.2) is 0 Å². The second-order valence-electron chi connectivity index (χ2n) is 18.4. The van der Waals surface area contributed by atoms with Crippen molar-refractivity contribution in [1.29, 1.82) is 0 Å². The Hall–Kier alpha value is -5.17. The Bertz CT molecular complexity index is 1840. The van der Waals surface area contributed by atoms with E-state index in [9.17, 15) is 52.7 Å². The van der Waals surface area contributed by atoms with E-state index < -0.39 is 143 Å². The van der Waals surface area contributed by atoms with E-state index in [1.54, 1.807) is 27.7 Å². The molecule has 23 nitrogen and oxygen atoms in total. The van der Waals surface area contributed by atoms with Crippen LogP contribution >= 0.6 is 21.6 Å². The zero-order valence-corrected chi connectivity index (χ0v) is 41.3. The van der Waals surface area contributed by atoms with Gasteiger partial charge in [0.1, 0.15) is 42.3 Å². The van der Waals surface area contributed by atoms with Crippen LogP contribution in [0.1, 0.15) is 107 Å². The van der Waals surface area contributed by atoms with E-state index in [1.807, 2.05) is 27.7 Å². The lowest BCUT2D eigenvalue weighted by Crippen LogP contribution is -2.62. The molecule has 0 aromatic carbocycles. The highest BCUT2D eigenvalue weighted by atomic mass is 33.1. The maximum atomic E-state index is 14.6. The maximum Gasteiger partial charge on any atom is 0.246 e. The summed E-state index contributed by atoms with van der Waals surface area (Å²) in [7, 11) is 2.14. The molecule has 0 bridgehead atoms. The predicted molar refractivity (Wildman–Crippen MR) is 251 cm³/mol. The molecule has 378 valence electrons. The van der Waals surface area contributed by atoms with Gasteiger partial charge in [0.2, 0.25) is 65.0 Å². The molecule has 2 rings (SSSR count). The van der Waals surface area contributed by atoms with Crippen LogP contribution in [0.5, 0.6) is 0 Å². The Morgan fingerprint density at radius 1 is 0.776 bits per heavy atom. The predicted octanol–water partition coefficient (Wildman–Crippen LogP) is -2.73. The molecule has 0 radical (unpaired) electrons. The number of primary amides is 3. The van der Waals surface area contributed by atoms with Crippen molar-refractivity contribution in [3.8, 4) is 0 Å². The number of nitrogens with two attached hydrogens (primary N) is 4. The summed E-state index contributed by atoms with van der Waals surface area (Å²) < 4.78 is -1.09. The van der Waals surface area contributed by atoms with Crippen LogP contribution in [0, 0.1) is 17.8 Å². The Morgan fingerprint density at radius 2 is 1.37 bits per heavy atom. The largest absolute Gasteiger partial charge is 0.370 e. The second kappa shape index (κ2) is 27.0. The number of amides is 11. The minimum absolute atomic E-state index is 0.0613. The van der Waals surface area contributed by atoms with Gasteiger partial charge in [0.05, 0.1) is 19.0 Å². The van der Waals surface area contributed by atoms with Crippen molar-refractivity contribution in [2.24, 2.45) is 40.7 Å². The van der Waals surface area contributed by atoms with Gasteiger partial charge in [-0.1, -0.05) is 69.6 Å². The average molecular weight is 985 g/mol. The highest BCUT2D eigenvalue weighted by Gasteiger charge is 2.42. The summed E-state index contributed by atoms with van der Waals surface area (Å²) >= 11 is 0. The van der Waals surface area contributed by atoms with Crippen LogP contribution in [0.3, 0.4) is 0 Å². The van der Waals surface area contributed by atoms with E-state index in [2.05, 4.69) is 37.2 Å². The monoisotopic (exact) mass is 984 g/mol. The zero-order valence-electron chi connectivity index (χ0n) is 39.7. The van der Waals surface area contributed by atoms with Crippen LogP contribution in [-0.2, 0) is 52.7 Å². The van der Waals surface area contributed by atoms with Gasteiger partial charge in [-0.25, -0.2) is 0 Å². The SMILES string of the molecule is CC[C@H](C)C1NC(=O)[C@H](CC(C)C)NC(=O)[C@@H](N)C(C)(C)SSC[C@@H](C(=O)N2CCCC2C(=O)N[C@@H](CC(C)C)C(=O)NCC(N)=O)NC(=O)[C@H](CC(N)=O)NC(=O)[C@H](CCC(N)=O)NC1=O. The number of likely N-dealkylation sites (tertiary alicyclic amines) is 1. The van der Waals surface area contributed by atoms with Gasteiger partial charge < -0.3 is 65.1 Å². The lowest BCUT2D eigenvalue weighted by atomic mass is 9.95. The maximum absolute atomic E-state index is 14.6. The van der Waals surface area contributed by atoms with Crippen LogP contribution in [0.4, 0.5) is 0 Å². The van der Waals surface area contributed by atoms with Crippen molar-refractivity contribution < 1.29 is 52.7 Å². The lowest BCUT2D eigenvalue weighted by molar-refractivity contribution is -0.142. The third kappa shape index (κ3) is 18.8. The molecule has 2 fully saturated rings. The molecule has 2 heterocycles. The summed E-state index contributed by atoms with van der Waals surface area (Å²) in [6, 6.07) is -10.6. The van der Waals surface area contributed by atoms with Crippen LogP contribution in [-0.4, -0.2) is 142 Å². The van der Waals surface area contributed by atoms with E-state index in [0.29, 0.717) is 12.8 Å². The summed E-state index contributed by atoms with van der Waals surface area (Å²) in [5.74, 6) is -9.95. The summed E-state index contributed by atoms with van der Waals surface area (Å²) in [5.41, 5.74) is 22.7.